The fourth-order valence-corrected chi connectivity index (χ4v) is 2.26. The molecule has 84 valence electrons. The van der Waals surface area contributed by atoms with Crippen molar-refractivity contribution in [3.05, 3.63) is 45.7 Å². The van der Waals surface area contributed by atoms with E-state index in [1.54, 1.807) is 4.68 Å². The zero-order valence-corrected chi connectivity index (χ0v) is 10.8. The number of hydrogen-bond donors (Lipinski definition) is 1. The standard InChI is InChI=1S/C11H13BrN4/c1-7-4-3-5-8(6-7)9(13)10-11(12)14-15-16(10)2/h3-6,9H,13H2,1-2H3. The monoisotopic (exact) mass is 280 g/mol. The van der Waals surface area contributed by atoms with Crippen molar-refractivity contribution in [1.82, 2.24) is 15.0 Å². The number of aryl methyl sites for hydroxylation is 2. The number of hydrogen-bond acceptors (Lipinski definition) is 3. The van der Waals surface area contributed by atoms with Gasteiger partial charge in [0.25, 0.3) is 0 Å². The SMILES string of the molecule is Cc1cccc(C(N)c2c(Br)nnn2C)c1. The van der Waals surface area contributed by atoms with Crippen molar-refractivity contribution in [3.63, 3.8) is 0 Å². The molecular formula is C11H13BrN4. The van der Waals surface area contributed by atoms with Gasteiger partial charge in [-0.15, -0.1) is 5.10 Å². The van der Waals surface area contributed by atoms with Gasteiger partial charge in [-0.2, -0.15) is 0 Å². The largest absolute Gasteiger partial charge is 0.319 e. The van der Waals surface area contributed by atoms with Crippen LogP contribution in [0.2, 0.25) is 0 Å². The van der Waals surface area contributed by atoms with E-state index in [9.17, 15) is 0 Å². The topological polar surface area (TPSA) is 56.7 Å². The molecular weight excluding hydrogens is 268 g/mol. The molecule has 0 fully saturated rings. The van der Waals surface area contributed by atoms with Gasteiger partial charge >= 0.3 is 0 Å². The third-order valence-electron chi connectivity index (χ3n) is 2.52. The molecule has 1 heterocycles. The van der Waals surface area contributed by atoms with Crippen LogP contribution in [0, 0.1) is 6.92 Å². The van der Waals surface area contributed by atoms with Crippen LogP contribution in [0.15, 0.2) is 28.9 Å². The Morgan fingerprint density at radius 3 is 2.75 bits per heavy atom. The lowest BCUT2D eigenvalue weighted by atomic mass is 10.0. The molecule has 0 spiro atoms. The summed E-state index contributed by atoms with van der Waals surface area (Å²) in [6.07, 6.45) is 0. The Bertz CT molecular complexity index is 487. The second-order valence-electron chi connectivity index (χ2n) is 3.78. The Morgan fingerprint density at radius 1 is 1.44 bits per heavy atom. The summed E-state index contributed by atoms with van der Waals surface area (Å²) in [5, 5.41) is 7.86. The van der Waals surface area contributed by atoms with Crippen LogP contribution in [0.1, 0.15) is 22.9 Å². The summed E-state index contributed by atoms with van der Waals surface area (Å²) in [5.41, 5.74) is 9.34. The maximum atomic E-state index is 6.20. The van der Waals surface area contributed by atoms with Crippen LogP contribution in [0.3, 0.4) is 0 Å². The van der Waals surface area contributed by atoms with Crippen LogP contribution in [0.5, 0.6) is 0 Å². The average molecular weight is 281 g/mol. The van der Waals surface area contributed by atoms with E-state index in [-0.39, 0.29) is 6.04 Å². The minimum atomic E-state index is -0.214. The molecule has 5 heteroatoms. The fourth-order valence-electron chi connectivity index (χ4n) is 1.69. The van der Waals surface area contributed by atoms with Crippen molar-refractivity contribution in [2.45, 2.75) is 13.0 Å². The minimum absolute atomic E-state index is 0.214. The summed E-state index contributed by atoms with van der Waals surface area (Å²) >= 11 is 3.36. The van der Waals surface area contributed by atoms with Crippen molar-refractivity contribution < 1.29 is 0 Å². The van der Waals surface area contributed by atoms with Gasteiger partial charge in [0.15, 0.2) is 4.60 Å². The molecule has 0 aliphatic rings. The molecule has 2 aromatic rings. The van der Waals surface area contributed by atoms with Crippen molar-refractivity contribution in [3.8, 4) is 0 Å². The Hall–Kier alpha value is -1.20. The predicted molar refractivity (Wildman–Crippen MR) is 65.9 cm³/mol. The van der Waals surface area contributed by atoms with E-state index in [1.165, 1.54) is 5.56 Å². The van der Waals surface area contributed by atoms with Gasteiger partial charge in [-0.25, -0.2) is 4.68 Å². The first-order chi connectivity index (χ1) is 7.59. The summed E-state index contributed by atoms with van der Waals surface area (Å²) in [6.45, 7) is 2.05. The molecule has 4 nitrogen and oxygen atoms in total. The third-order valence-corrected chi connectivity index (χ3v) is 3.09. The van der Waals surface area contributed by atoms with Gasteiger partial charge in [0, 0.05) is 7.05 Å². The van der Waals surface area contributed by atoms with Crippen molar-refractivity contribution in [2.75, 3.05) is 0 Å². The van der Waals surface area contributed by atoms with E-state index >= 15 is 0 Å². The number of benzene rings is 1. The fraction of sp³-hybridized carbons (Fsp3) is 0.273. The van der Waals surface area contributed by atoms with Crippen LogP contribution in [0.25, 0.3) is 0 Å². The minimum Gasteiger partial charge on any atom is -0.319 e. The van der Waals surface area contributed by atoms with Gasteiger partial charge in [-0.1, -0.05) is 35.0 Å². The van der Waals surface area contributed by atoms with Crippen LogP contribution in [-0.2, 0) is 7.05 Å². The van der Waals surface area contributed by atoms with E-state index < -0.39 is 0 Å². The zero-order chi connectivity index (χ0) is 11.7. The van der Waals surface area contributed by atoms with E-state index in [0.717, 1.165) is 11.3 Å². The van der Waals surface area contributed by atoms with Crippen molar-refractivity contribution >= 4 is 15.9 Å². The Balaban J connectivity index is 2.43. The highest BCUT2D eigenvalue weighted by Crippen LogP contribution is 2.24. The molecule has 0 saturated heterocycles. The number of rotatable bonds is 2. The molecule has 1 atom stereocenters. The molecule has 1 unspecified atom stereocenters. The Morgan fingerprint density at radius 2 is 2.19 bits per heavy atom. The maximum absolute atomic E-state index is 6.20. The lowest BCUT2D eigenvalue weighted by Gasteiger charge is -2.12. The highest BCUT2D eigenvalue weighted by atomic mass is 79.9. The highest BCUT2D eigenvalue weighted by Gasteiger charge is 2.17. The van der Waals surface area contributed by atoms with Crippen LogP contribution < -0.4 is 5.73 Å². The summed E-state index contributed by atoms with van der Waals surface area (Å²) in [6, 6.07) is 7.92. The lowest BCUT2D eigenvalue weighted by Crippen LogP contribution is -2.16. The van der Waals surface area contributed by atoms with Gasteiger partial charge in [0.05, 0.1) is 11.7 Å². The molecule has 0 amide bonds. The van der Waals surface area contributed by atoms with E-state index in [1.807, 2.05) is 32.2 Å². The van der Waals surface area contributed by atoms with Gasteiger partial charge in [-0.05, 0) is 28.4 Å². The molecule has 0 saturated carbocycles. The van der Waals surface area contributed by atoms with Crippen LogP contribution in [-0.4, -0.2) is 15.0 Å². The first-order valence-electron chi connectivity index (χ1n) is 4.97. The van der Waals surface area contributed by atoms with Crippen LogP contribution in [0.4, 0.5) is 0 Å². The number of halogens is 1. The first-order valence-corrected chi connectivity index (χ1v) is 5.76. The van der Waals surface area contributed by atoms with Crippen LogP contribution >= 0.6 is 15.9 Å². The second-order valence-corrected chi connectivity index (χ2v) is 4.53. The molecule has 0 bridgehead atoms. The maximum Gasteiger partial charge on any atom is 0.153 e. The normalized spacial score (nSPS) is 12.8. The lowest BCUT2D eigenvalue weighted by molar-refractivity contribution is 0.650. The molecule has 0 aliphatic heterocycles. The Kier molecular flexibility index (Phi) is 3.07. The van der Waals surface area contributed by atoms with Gasteiger partial charge in [0.2, 0.25) is 0 Å². The summed E-state index contributed by atoms with van der Waals surface area (Å²) in [7, 11) is 1.84. The van der Waals surface area contributed by atoms with Crippen molar-refractivity contribution in [1.29, 1.82) is 0 Å². The molecule has 16 heavy (non-hydrogen) atoms. The quantitative estimate of drug-likeness (QED) is 0.915. The summed E-state index contributed by atoms with van der Waals surface area (Å²) < 4.78 is 2.39. The molecule has 0 radical (unpaired) electrons. The van der Waals surface area contributed by atoms with Gasteiger partial charge in [-0.3, -0.25) is 0 Å². The van der Waals surface area contributed by atoms with E-state index in [2.05, 4.69) is 32.3 Å². The second kappa shape index (κ2) is 4.35. The number of nitrogens with two attached hydrogens (primary N) is 1. The molecule has 2 rings (SSSR count). The van der Waals surface area contributed by atoms with E-state index in [4.69, 9.17) is 5.73 Å². The van der Waals surface area contributed by atoms with Crippen molar-refractivity contribution in [2.24, 2.45) is 12.8 Å². The third kappa shape index (κ3) is 2.01. The number of aromatic nitrogens is 3. The zero-order valence-electron chi connectivity index (χ0n) is 9.18. The molecule has 1 aromatic carbocycles. The highest BCUT2D eigenvalue weighted by molar-refractivity contribution is 9.10. The summed E-state index contributed by atoms with van der Waals surface area (Å²) in [5.74, 6) is 0. The predicted octanol–water partition coefficient (Wildman–Crippen LogP) is 1.93. The molecule has 0 aliphatic carbocycles. The first kappa shape index (κ1) is 11.3. The average Bonchev–Trinajstić information content (AvgIpc) is 2.58. The Labute approximate surface area is 103 Å². The smallest absolute Gasteiger partial charge is 0.153 e. The summed E-state index contributed by atoms with van der Waals surface area (Å²) in [4.78, 5) is 0. The molecule has 2 N–H and O–H groups in total. The molecule has 1 aromatic heterocycles. The number of nitrogens with zero attached hydrogens (tertiary/aromatic N) is 3. The van der Waals surface area contributed by atoms with Gasteiger partial charge in [0.1, 0.15) is 0 Å². The van der Waals surface area contributed by atoms with Gasteiger partial charge < -0.3 is 5.73 Å². The van der Waals surface area contributed by atoms with E-state index in [0.29, 0.717) is 4.60 Å².